The third kappa shape index (κ3) is 3.85. The molecule has 2 aromatic carbocycles. The number of carbonyl (C=O) groups excluding carboxylic acids is 1. The number of hydrogen-bond donors (Lipinski definition) is 1. The van der Waals surface area contributed by atoms with Gasteiger partial charge in [-0.05, 0) is 43.5 Å². The summed E-state index contributed by atoms with van der Waals surface area (Å²) in [6.07, 6.45) is 1.62. The van der Waals surface area contributed by atoms with Gasteiger partial charge in [-0.25, -0.2) is 0 Å². The van der Waals surface area contributed by atoms with Gasteiger partial charge in [0, 0.05) is 6.04 Å². The number of rotatable bonds is 6. The molecule has 0 saturated carbocycles. The van der Waals surface area contributed by atoms with Crippen molar-refractivity contribution < 1.29 is 9.90 Å². The molecule has 0 radical (unpaired) electrons. The molecule has 110 valence electrons. The van der Waals surface area contributed by atoms with E-state index in [1.54, 1.807) is 12.1 Å². The predicted molar refractivity (Wildman–Crippen MR) is 84.0 cm³/mol. The molecule has 0 aliphatic rings. The van der Waals surface area contributed by atoms with E-state index in [0.717, 1.165) is 17.5 Å². The number of hydrogen-bond acceptors (Lipinski definition) is 2. The molecule has 1 amide bonds. The standard InChI is InChI=1S/C18H21NO2/c1-14(11-16-7-6-10-18(21)12-16)19(13-20)15(2)17-8-4-3-5-9-17/h3-10,12-15,21H,11H2,1-2H3. The van der Waals surface area contributed by atoms with Crippen molar-refractivity contribution in [2.75, 3.05) is 0 Å². The van der Waals surface area contributed by atoms with Crippen LogP contribution in [-0.4, -0.2) is 22.5 Å². The lowest BCUT2D eigenvalue weighted by Crippen LogP contribution is -2.35. The summed E-state index contributed by atoms with van der Waals surface area (Å²) < 4.78 is 0. The Bertz CT molecular complexity index is 583. The van der Waals surface area contributed by atoms with E-state index in [1.165, 1.54) is 0 Å². The lowest BCUT2D eigenvalue weighted by Gasteiger charge is -2.31. The SMILES string of the molecule is CC(Cc1cccc(O)c1)N(C=O)C(C)c1ccccc1. The third-order valence-electron chi connectivity index (χ3n) is 3.80. The highest BCUT2D eigenvalue weighted by molar-refractivity contribution is 5.49. The van der Waals surface area contributed by atoms with E-state index < -0.39 is 0 Å². The fourth-order valence-electron chi connectivity index (χ4n) is 2.61. The summed E-state index contributed by atoms with van der Waals surface area (Å²) in [5.41, 5.74) is 2.14. The lowest BCUT2D eigenvalue weighted by molar-refractivity contribution is -0.122. The molecule has 2 unspecified atom stereocenters. The normalized spacial score (nSPS) is 13.4. The largest absolute Gasteiger partial charge is 0.508 e. The Morgan fingerprint density at radius 1 is 1.10 bits per heavy atom. The molecular formula is C18H21NO2. The van der Waals surface area contributed by atoms with E-state index in [0.29, 0.717) is 6.42 Å². The summed E-state index contributed by atoms with van der Waals surface area (Å²) in [5, 5.41) is 9.53. The Hall–Kier alpha value is -2.29. The molecule has 0 aromatic heterocycles. The minimum atomic E-state index is 0.0241. The molecule has 0 bridgehead atoms. The molecule has 0 fully saturated rings. The maximum absolute atomic E-state index is 11.5. The van der Waals surface area contributed by atoms with E-state index in [4.69, 9.17) is 0 Å². The van der Waals surface area contributed by atoms with Gasteiger partial charge in [-0.2, -0.15) is 0 Å². The number of phenols is 1. The summed E-state index contributed by atoms with van der Waals surface area (Å²) in [5.74, 6) is 0.258. The number of phenolic OH excluding ortho intramolecular Hbond substituents is 1. The van der Waals surface area contributed by atoms with Gasteiger partial charge in [-0.3, -0.25) is 4.79 Å². The molecule has 21 heavy (non-hydrogen) atoms. The van der Waals surface area contributed by atoms with E-state index >= 15 is 0 Å². The average molecular weight is 283 g/mol. The summed E-state index contributed by atoms with van der Waals surface area (Å²) in [6, 6.07) is 17.3. The van der Waals surface area contributed by atoms with Gasteiger partial charge in [0.1, 0.15) is 5.75 Å². The molecule has 2 aromatic rings. The van der Waals surface area contributed by atoms with Gasteiger partial charge in [0.25, 0.3) is 0 Å². The Balaban J connectivity index is 2.11. The summed E-state index contributed by atoms with van der Waals surface area (Å²) in [7, 11) is 0. The van der Waals surface area contributed by atoms with Crippen LogP contribution in [0.2, 0.25) is 0 Å². The zero-order valence-corrected chi connectivity index (χ0v) is 12.4. The molecule has 0 spiro atoms. The van der Waals surface area contributed by atoms with Crippen molar-refractivity contribution in [1.29, 1.82) is 0 Å². The minimum absolute atomic E-state index is 0.0241. The molecule has 0 heterocycles. The predicted octanol–water partition coefficient (Wildman–Crippen LogP) is 3.54. The van der Waals surface area contributed by atoms with Crippen molar-refractivity contribution in [3.05, 3.63) is 65.7 Å². The smallest absolute Gasteiger partial charge is 0.210 e. The monoisotopic (exact) mass is 283 g/mol. The highest BCUT2D eigenvalue weighted by atomic mass is 16.3. The second-order valence-corrected chi connectivity index (χ2v) is 5.36. The van der Waals surface area contributed by atoms with Crippen LogP contribution in [0.15, 0.2) is 54.6 Å². The zero-order chi connectivity index (χ0) is 15.2. The first-order valence-corrected chi connectivity index (χ1v) is 7.17. The average Bonchev–Trinajstić information content (AvgIpc) is 2.48. The van der Waals surface area contributed by atoms with Crippen molar-refractivity contribution in [2.45, 2.75) is 32.4 Å². The molecular weight excluding hydrogens is 262 g/mol. The van der Waals surface area contributed by atoms with Crippen LogP contribution >= 0.6 is 0 Å². The van der Waals surface area contributed by atoms with Crippen molar-refractivity contribution in [3.8, 4) is 5.75 Å². The quantitative estimate of drug-likeness (QED) is 0.824. The van der Waals surface area contributed by atoms with E-state index in [2.05, 4.69) is 0 Å². The molecule has 0 aliphatic heterocycles. The fraction of sp³-hybridized carbons (Fsp3) is 0.278. The van der Waals surface area contributed by atoms with Crippen LogP contribution in [0.5, 0.6) is 5.75 Å². The number of carbonyl (C=O) groups is 1. The number of benzene rings is 2. The Morgan fingerprint density at radius 3 is 2.43 bits per heavy atom. The van der Waals surface area contributed by atoms with Crippen molar-refractivity contribution in [3.63, 3.8) is 0 Å². The molecule has 3 heteroatoms. The first kappa shape index (κ1) is 15.1. The van der Waals surface area contributed by atoms with E-state index in [-0.39, 0.29) is 17.8 Å². The fourth-order valence-corrected chi connectivity index (χ4v) is 2.61. The molecule has 1 N–H and O–H groups in total. The second-order valence-electron chi connectivity index (χ2n) is 5.36. The van der Waals surface area contributed by atoms with E-state index in [1.807, 2.05) is 61.2 Å². The second kappa shape index (κ2) is 6.93. The van der Waals surface area contributed by atoms with Gasteiger partial charge in [-0.15, -0.1) is 0 Å². The molecule has 0 aliphatic carbocycles. The van der Waals surface area contributed by atoms with Crippen molar-refractivity contribution in [1.82, 2.24) is 4.90 Å². The van der Waals surface area contributed by atoms with Gasteiger partial charge in [0.2, 0.25) is 6.41 Å². The van der Waals surface area contributed by atoms with Crippen LogP contribution in [0.4, 0.5) is 0 Å². The van der Waals surface area contributed by atoms with Gasteiger partial charge >= 0.3 is 0 Å². The van der Waals surface area contributed by atoms with Crippen molar-refractivity contribution in [2.24, 2.45) is 0 Å². The maximum atomic E-state index is 11.5. The van der Waals surface area contributed by atoms with Crippen molar-refractivity contribution >= 4 is 6.41 Å². The summed E-state index contributed by atoms with van der Waals surface area (Å²) >= 11 is 0. The van der Waals surface area contributed by atoms with Crippen LogP contribution in [0.3, 0.4) is 0 Å². The molecule has 0 saturated heterocycles. The molecule has 2 atom stereocenters. The first-order chi connectivity index (χ1) is 10.1. The molecule has 3 nitrogen and oxygen atoms in total. The minimum Gasteiger partial charge on any atom is -0.508 e. The Morgan fingerprint density at radius 2 is 1.81 bits per heavy atom. The van der Waals surface area contributed by atoms with Gasteiger partial charge in [0.15, 0.2) is 0 Å². The third-order valence-corrected chi connectivity index (χ3v) is 3.80. The van der Waals surface area contributed by atoms with Crippen LogP contribution in [0.1, 0.15) is 31.0 Å². The van der Waals surface area contributed by atoms with Gasteiger partial charge in [0.05, 0.1) is 6.04 Å². The lowest BCUT2D eigenvalue weighted by atomic mass is 10.0. The number of amides is 1. The Labute approximate surface area is 125 Å². The summed E-state index contributed by atoms with van der Waals surface area (Å²) in [4.78, 5) is 13.3. The highest BCUT2D eigenvalue weighted by Crippen LogP contribution is 2.23. The zero-order valence-electron chi connectivity index (χ0n) is 12.4. The van der Waals surface area contributed by atoms with Crippen LogP contribution in [0.25, 0.3) is 0 Å². The van der Waals surface area contributed by atoms with Gasteiger partial charge < -0.3 is 10.0 Å². The topological polar surface area (TPSA) is 40.5 Å². The highest BCUT2D eigenvalue weighted by Gasteiger charge is 2.19. The van der Waals surface area contributed by atoms with Crippen LogP contribution in [0, 0.1) is 0 Å². The molecule has 2 rings (SSSR count). The number of aromatic hydroxyl groups is 1. The van der Waals surface area contributed by atoms with Gasteiger partial charge in [-0.1, -0.05) is 42.5 Å². The van der Waals surface area contributed by atoms with Crippen LogP contribution < -0.4 is 0 Å². The maximum Gasteiger partial charge on any atom is 0.210 e. The summed E-state index contributed by atoms with van der Waals surface area (Å²) in [6.45, 7) is 4.06. The number of nitrogens with zero attached hydrogens (tertiary/aromatic N) is 1. The van der Waals surface area contributed by atoms with E-state index in [9.17, 15) is 9.90 Å². The Kier molecular flexibility index (Phi) is 4.99. The first-order valence-electron chi connectivity index (χ1n) is 7.17. The van der Waals surface area contributed by atoms with Crippen LogP contribution in [-0.2, 0) is 11.2 Å².